The second-order valence-electron chi connectivity index (χ2n) is 11.4. The molecule has 41 heavy (non-hydrogen) atoms. The van der Waals surface area contributed by atoms with Crippen LogP contribution in [0, 0.1) is 20.8 Å². The van der Waals surface area contributed by atoms with E-state index in [0.29, 0.717) is 16.1 Å². The van der Waals surface area contributed by atoms with E-state index in [0.717, 1.165) is 42.4 Å². The van der Waals surface area contributed by atoms with Crippen LogP contribution in [0.2, 0.25) is 0 Å². The van der Waals surface area contributed by atoms with E-state index in [9.17, 15) is 9.59 Å². The summed E-state index contributed by atoms with van der Waals surface area (Å²) in [5.74, 6) is -0.565. The van der Waals surface area contributed by atoms with Crippen LogP contribution in [0.1, 0.15) is 80.0 Å². The van der Waals surface area contributed by atoms with Crippen LogP contribution in [0.3, 0.4) is 0 Å². The second kappa shape index (κ2) is 13.6. The van der Waals surface area contributed by atoms with Crippen molar-refractivity contribution in [2.45, 2.75) is 65.5 Å². The number of likely N-dealkylation sites (tertiary alicyclic amines) is 2. The molecule has 3 aromatic rings. The third kappa shape index (κ3) is 7.50. The molecule has 216 valence electrons. The molecule has 0 saturated carbocycles. The van der Waals surface area contributed by atoms with Gasteiger partial charge in [-0.2, -0.15) is 5.10 Å². The number of aryl methyl sites for hydroxylation is 3. The van der Waals surface area contributed by atoms with Crippen LogP contribution < -0.4 is 10.7 Å². The number of anilines is 1. The van der Waals surface area contributed by atoms with Crippen molar-refractivity contribution in [2.75, 3.05) is 31.5 Å². The summed E-state index contributed by atoms with van der Waals surface area (Å²) in [7, 11) is 0. The minimum Gasteiger partial charge on any atom is -0.320 e. The van der Waals surface area contributed by atoms with Gasteiger partial charge in [-0.1, -0.05) is 36.8 Å². The molecule has 2 aliphatic heterocycles. The number of nitrogens with zero attached hydrogens (tertiary/aromatic N) is 3. The maximum atomic E-state index is 13.3. The van der Waals surface area contributed by atoms with E-state index in [1.165, 1.54) is 67.7 Å². The average molecular weight is 572 g/mol. The number of carbonyl (C=O) groups excluding carboxylic acids is 2. The third-order valence-corrected chi connectivity index (χ3v) is 9.49. The molecule has 2 N–H and O–H groups in total. The Balaban J connectivity index is 1.17. The van der Waals surface area contributed by atoms with Gasteiger partial charge in [0.05, 0.1) is 11.9 Å². The SMILES string of the molecule is Cc1ccc(/C=N/NC(=O)c2scc(C)c2NC(=O)c2cccc(CN3CCC(N4CCCCC4)CC3)c2)cc1C. The van der Waals surface area contributed by atoms with E-state index in [-0.39, 0.29) is 11.8 Å². The molecule has 0 spiro atoms. The average Bonchev–Trinajstić information content (AvgIpc) is 3.35. The maximum absolute atomic E-state index is 13.3. The van der Waals surface area contributed by atoms with Crippen molar-refractivity contribution in [3.63, 3.8) is 0 Å². The Hall–Kier alpha value is -3.33. The summed E-state index contributed by atoms with van der Waals surface area (Å²) in [6.45, 7) is 11.5. The summed E-state index contributed by atoms with van der Waals surface area (Å²) < 4.78 is 0. The fourth-order valence-corrected chi connectivity index (χ4v) is 6.70. The lowest BCUT2D eigenvalue weighted by atomic mass is 9.99. The van der Waals surface area contributed by atoms with E-state index in [1.54, 1.807) is 6.21 Å². The topological polar surface area (TPSA) is 77.0 Å². The Morgan fingerprint density at radius 2 is 1.71 bits per heavy atom. The molecule has 7 nitrogen and oxygen atoms in total. The van der Waals surface area contributed by atoms with Gasteiger partial charge in [-0.15, -0.1) is 11.3 Å². The molecule has 0 radical (unpaired) electrons. The van der Waals surface area contributed by atoms with Crippen molar-refractivity contribution in [2.24, 2.45) is 5.10 Å². The van der Waals surface area contributed by atoms with Crippen LogP contribution in [0.4, 0.5) is 5.69 Å². The third-order valence-electron chi connectivity index (χ3n) is 8.39. The van der Waals surface area contributed by atoms with E-state index in [1.807, 2.05) is 55.6 Å². The summed E-state index contributed by atoms with van der Waals surface area (Å²) in [5.41, 5.74) is 9.00. The van der Waals surface area contributed by atoms with Crippen LogP contribution in [0.25, 0.3) is 0 Å². The second-order valence-corrected chi connectivity index (χ2v) is 12.3. The normalized spacial score (nSPS) is 17.1. The molecule has 2 aliphatic rings. The first kappa shape index (κ1) is 29.2. The molecule has 2 saturated heterocycles. The smallest absolute Gasteiger partial charge is 0.283 e. The van der Waals surface area contributed by atoms with Gasteiger partial charge < -0.3 is 10.2 Å². The lowest BCUT2D eigenvalue weighted by Crippen LogP contribution is -2.46. The summed E-state index contributed by atoms with van der Waals surface area (Å²) in [5, 5.41) is 9.00. The van der Waals surface area contributed by atoms with Crippen molar-refractivity contribution in [1.82, 2.24) is 15.2 Å². The largest absolute Gasteiger partial charge is 0.320 e. The molecule has 0 bridgehead atoms. The first-order valence-corrected chi connectivity index (χ1v) is 15.6. The van der Waals surface area contributed by atoms with Gasteiger partial charge in [0.15, 0.2) is 0 Å². The van der Waals surface area contributed by atoms with Gasteiger partial charge in [-0.3, -0.25) is 14.5 Å². The summed E-state index contributed by atoms with van der Waals surface area (Å²) in [6, 6.07) is 14.6. The van der Waals surface area contributed by atoms with Crippen molar-refractivity contribution in [3.8, 4) is 0 Å². The summed E-state index contributed by atoms with van der Waals surface area (Å²) >= 11 is 1.30. The maximum Gasteiger partial charge on any atom is 0.283 e. The van der Waals surface area contributed by atoms with Crippen molar-refractivity contribution in [1.29, 1.82) is 0 Å². The van der Waals surface area contributed by atoms with E-state index >= 15 is 0 Å². The van der Waals surface area contributed by atoms with Gasteiger partial charge in [-0.25, -0.2) is 5.43 Å². The van der Waals surface area contributed by atoms with Crippen LogP contribution in [0.5, 0.6) is 0 Å². The number of amides is 2. The van der Waals surface area contributed by atoms with Gasteiger partial charge in [0.1, 0.15) is 4.88 Å². The Morgan fingerprint density at radius 1 is 0.927 bits per heavy atom. The predicted molar refractivity (Wildman–Crippen MR) is 168 cm³/mol. The zero-order valence-electron chi connectivity index (χ0n) is 24.4. The quantitative estimate of drug-likeness (QED) is 0.252. The Bertz CT molecular complexity index is 1400. The molecule has 0 atom stereocenters. The molecular weight excluding hydrogens is 530 g/mol. The molecule has 0 aliphatic carbocycles. The summed E-state index contributed by atoms with van der Waals surface area (Å²) in [4.78, 5) is 31.8. The zero-order chi connectivity index (χ0) is 28.8. The monoisotopic (exact) mass is 571 g/mol. The number of benzene rings is 2. The molecule has 2 amide bonds. The first-order valence-electron chi connectivity index (χ1n) is 14.7. The summed E-state index contributed by atoms with van der Waals surface area (Å²) in [6.07, 6.45) is 8.13. The van der Waals surface area contributed by atoms with Crippen molar-refractivity contribution >= 4 is 35.1 Å². The highest BCUT2D eigenvalue weighted by Crippen LogP contribution is 2.28. The van der Waals surface area contributed by atoms with Crippen LogP contribution in [-0.2, 0) is 6.54 Å². The zero-order valence-corrected chi connectivity index (χ0v) is 25.2. The molecular formula is C33H41N5O2S. The van der Waals surface area contributed by atoms with Crippen molar-refractivity contribution in [3.05, 3.63) is 86.1 Å². The lowest BCUT2D eigenvalue weighted by Gasteiger charge is -2.40. The molecule has 5 rings (SSSR count). The number of hydrazone groups is 1. The minimum absolute atomic E-state index is 0.218. The highest BCUT2D eigenvalue weighted by molar-refractivity contribution is 7.13. The van der Waals surface area contributed by atoms with Crippen LogP contribution >= 0.6 is 11.3 Å². The number of thiophene rings is 1. The highest BCUT2D eigenvalue weighted by atomic mass is 32.1. The van der Waals surface area contributed by atoms with E-state index < -0.39 is 0 Å². The van der Waals surface area contributed by atoms with E-state index in [2.05, 4.69) is 38.6 Å². The molecule has 8 heteroatoms. The van der Waals surface area contributed by atoms with Crippen LogP contribution in [0.15, 0.2) is 52.9 Å². The highest BCUT2D eigenvalue weighted by Gasteiger charge is 2.26. The predicted octanol–water partition coefficient (Wildman–Crippen LogP) is 6.14. The van der Waals surface area contributed by atoms with Gasteiger partial charge >= 0.3 is 0 Å². The number of piperidine rings is 2. The molecule has 1 aromatic heterocycles. The Kier molecular flexibility index (Phi) is 9.64. The van der Waals surface area contributed by atoms with Gasteiger partial charge in [-0.05, 0) is 118 Å². The fraction of sp³-hybridized carbons (Fsp3) is 0.424. The Labute approximate surface area is 247 Å². The molecule has 2 aromatic carbocycles. The lowest BCUT2D eigenvalue weighted by molar-refractivity contribution is 0.0896. The molecule has 0 unspecified atom stereocenters. The van der Waals surface area contributed by atoms with Crippen LogP contribution in [-0.4, -0.2) is 60.0 Å². The van der Waals surface area contributed by atoms with Gasteiger partial charge in [0.2, 0.25) is 0 Å². The minimum atomic E-state index is -0.347. The fourth-order valence-electron chi connectivity index (χ4n) is 5.81. The molecule has 3 heterocycles. The number of carbonyl (C=O) groups is 2. The van der Waals surface area contributed by atoms with Gasteiger partial charge in [0, 0.05) is 18.2 Å². The number of hydrogen-bond donors (Lipinski definition) is 2. The number of nitrogens with one attached hydrogen (secondary N) is 2. The number of hydrogen-bond acceptors (Lipinski definition) is 6. The molecule has 2 fully saturated rings. The number of rotatable bonds is 8. The van der Waals surface area contributed by atoms with E-state index in [4.69, 9.17) is 0 Å². The van der Waals surface area contributed by atoms with Gasteiger partial charge in [0.25, 0.3) is 11.8 Å². The first-order chi connectivity index (χ1) is 19.9. The Morgan fingerprint density at radius 3 is 2.46 bits per heavy atom. The standard InChI is InChI=1S/C33H41N5O2S/c1-23-10-11-26(18-24(23)2)20-34-36-33(40)31-30(25(3)22-41-31)35-32(39)28-9-7-8-27(19-28)21-37-16-12-29(13-17-37)38-14-5-4-6-15-38/h7-11,18-20,22,29H,4-6,12-17,21H2,1-3H3,(H,35,39)(H,36,40)/b34-20+. The van der Waals surface area contributed by atoms with Crippen molar-refractivity contribution < 1.29 is 9.59 Å².